The Bertz CT molecular complexity index is 962. The summed E-state index contributed by atoms with van der Waals surface area (Å²) in [4.78, 5) is 25.6. The fourth-order valence-corrected chi connectivity index (χ4v) is 3.20. The number of nitrogens with zero attached hydrogens (tertiary/aromatic N) is 1. The van der Waals surface area contributed by atoms with Crippen molar-refractivity contribution in [3.8, 4) is 5.75 Å². The Hall–Kier alpha value is -3.30. The molecule has 1 aliphatic heterocycles. The standard InChI is InChI=1S/C19H16F4N2O4/c1-28-15-7-6-10(19(21,22)23)8-13(15)25-14(9-16(26)29-2)17-11(20)4-3-5-12(17)24-18(25)27/h3-8,14H,9H2,1-2H3,(H,24,27). The lowest BCUT2D eigenvalue weighted by Crippen LogP contribution is -2.44. The van der Waals surface area contributed by atoms with Gasteiger partial charge in [0.2, 0.25) is 0 Å². The molecule has 2 aromatic rings. The van der Waals surface area contributed by atoms with E-state index < -0.39 is 42.0 Å². The lowest BCUT2D eigenvalue weighted by atomic mass is 9.96. The van der Waals surface area contributed by atoms with Crippen molar-refractivity contribution < 1.29 is 36.6 Å². The average Bonchev–Trinajstić information content (AvgIpc) is 2.66. The lowest BCUT2D eigenvalue weighted by molar-refractivity contribution is -0.141. The van der Waals surface area contributed by atoms with Crippen LogP contribution in [-0.2, 0) is 15.7 Å². The van der Waals surface area contributed by atoms with Crippen molar-refractivity contribution in [3.63, 3.8) is 0 Å². The summed E-state index contributed by atoms with van der Waals surface area (Å²) in [5.74, 6) is -1.55. The van der Waals surface area contributed by atoms with Gasteiger partial charge in [-0.2, -0.15) is 13.2 Å². The zero-order valence-corrected chi connectivity index (χ0v) is 15.3. The maximum absolute atomic E-state index is 14.6. The number of halogens is 4. The quantitative estimate of drug-likeness (QED) is 0.593. The highest BCUT2D eigenvalue weighted by atomic mass is 19.4. The Morgan fingerprint density at radius 2 is 1.93 bits per heavy atom. The van der Waals surface area contributed by atoms with Gasteiger partial charge in [-0.3, -0.25) is 9.69 Å². The summed E-state index contributed by atoms with van der Waals surface area (Å²) in [5, 5.41) is 2.44. The van der Waals surface area contributed by atoms with Gasteiger partial charge in [0, 0.05) is 5.56 Å². The van der Waals surface area contributed by atoms with Crippen molar-refractivity contribution in [1.29, 1.82) is 0 Å². The third kappa shape index (κ3) is 3.82. The van der Waals surface area contributed by atoms with Crippen LogP contribution in [0.15, 0.2) is 36.4 Å². The molecule has 3 rings (SSSR count). The molecule has 0 bridgehead atoms. The van der Waals surface area contributed by atoms with Gasteiger partial charge in [0.05, 0.1) is 43.6 Å². The van der Waals surface area contributed by atoms with Crippen LogP contribution in [0.2, 0.25) is 0 Å². The Kier molecular flexibility index (Phi) is 5.36. The highest BCUT2D eigenvalue weighted by molar-refractivity contribution is 6.06. The Morgan fingerprint density at radius 1 is 1.21 bits per heavy atom. The molecule has 1 unspecified atom stereocenters. The summed E-state index contributed by atoms with van der Waals surface area (Å²) >= 11 is 0. The first-order valence-corrected chi connectivity index (χ1v) is 8.38. The highest BCUT2D eigenvalue weighted by Crippen LogP contribution is 2.44. The number of ether oxygens (including phenoxy) is 2. The summed E-state index contributed by atoms with van der Waals surface area (Å²) in [6.45, 7) is 0. The van der Waals surface area contributed by atoms with Gasteiger partial charge < -0.3 is 14.8 Å². The van der Waals surface area contributed by atoms with E-state index in [1.54, 1.807) is 0 Å². The van der Waals surface area contributed by atoms with Crippen LogP contribution >= 0.6 is 0 Å². The van der Waals surface area contributed by atoms with Crippen LogP contribution in [0.1, 0.15) is 23.6 Å². The maximum atomic E-state index is 14.6. The molecule has 2 amide bonds. The molecule has 1 atom stereocenters. The molecule has 29 heavy (non-hydrogen) atoms. The van der Waals surface area contributed by atoms with E-state index in [4.69, 9.17) is 4.74 Å². The van der Waals surface area contributed by atoms with Crippen molar-refractivity contribution in [3.05, 3.63) is 53.3 Å². The summed E-state index contributed by atoms with van der Waals surface area (Å²) < 4.78 is 64.1. The van der Waals surface area contributed by atoms with E-state index in [2.05, 4.69) is 10.1 Å². The SMILES string of the molecule is COC(=O)CC1c2c(F)cccc2NC(=O)N1c1cc(C(F)(F)F)ccc1OC. The minimum absolute atomic E-state index is 0.0445. The zero-order valence-electron chi connectivity index (χ0n) is 15.3. The predicted molar refractivity (Wildman–Crippen MR) is 95.3 cm³/mol. The van der Waals surface area contributed by atoms with E-state index in [0.717, 1.165) is 30.2 Å². The maximum Gasteiger partial charge on any atom is 0.416 e. The van der Waals surface area contributed by atoms with Crippen LogP contribution in [0.3, 0.4) is 0 Å². The molecule has 10 heteroatoms. The number of carbonyl (C=O) groups is 2. The van der Waals surface area contributed by atoms with Crippen LogP contribution < -0.4 is 15.0 Å². The van der Waals surface area contributed by atoms with Crippen molar-refractivity contribution >= 4 is 23.4 Å². The number of carbonyl (C=O) groups excluding carboxylic acids is 2. The molecule has 0 saturated heterocycles. The van der Waals surface area contributed by atoms with Gasteiger partial charge in [0.1, 0.15) is 11.6 Å². The molecule has 1 aliphatic rings. The second-order valence-corrected chi connectivity index (χ2v) is 6.18. The Labute approximate surface area is 163 Å². The Balaban J connectivity index is 2.22. The first-order valence-electron chi connectivity index (χ1n) is 8.38. The number of nitrogens with one attached hydrogen (secondary N) is 1. The van der Waals surface area contributed by atoms with Crippen molar-refractivity contribution in [2.24, 2.45) is 0 Å². The number of urea groups is 1. The molecule has 1 heterocycles. The number of alkyl halides is 3. The second-order valence-electron chi connectivity index (χ2n) is 6.18. The number of esters is 1. The van der Waals surface area contributed by atoms with Crippen LogP contribution in [0.25, 0.3) is 0 Å². The molecule has 154 valence electrons. The van der Waals surface area contributed by atoms with E-state index >= 15 is 0 Å². The number of fused-ring (bicyclic) bond motifs is 1. The number of rotatable bonds is 4. The third-order valence-electron chi connectivity index (χ3n) is 4.51. The van der Waals surface area contributed by atoms with Crippen LogP contribution in [0, 0.1) is 5.82 Å². The average molecular weight is 412 g/mol. The van der Waals surface area contributed by atoms with Gasteiger partial charge in [-0.05, 0) is 30.3 Å². The van der Waals surface area contributed by atoms with Crippen LogP contribution in [0.4, 0.5) is 33.7 Å². The van der Waals surface area contributed by atoms with Gasteiger partial charge in [-0.1, -0.05) is 6.07 Å². The molecular formula is C19H16F4N2O4. The number of benzene rings is 2. The van der Waals surface area contributed by atoms with Gasteiger partial charge in [0.25, 0.3) is 0 Å². The van der Waals surface area contributed by atoms with E-state index in [0.29, 0.717) is 6.07 Å². The number of methoxy groups -OCH3 is 2. The second kappa shape index (κ2) is 7.61. The van der Waals surface area contributed by atoms with Crippen molar-refractivity contribution in [1.82, 2.24) is 0 Å². The van der Waals surface area contributed by atoms with Gasteiger partial charge >= 0.3 is 18.2 Å². The molecule has 6 nitrogen and oxygen atoms in total. The molecule has 0 saturated carbocycles. The molecule has 1 N–H and O–H groups in total. The van der Waals surface area contributed by atoms with E-state index in [9.17, 15) is 27.2 Å². The predicted octanol–water partition coefficient (Wildman–Crippen LogP) is 4.51. The molecule has 0 fully saturated rings. The van der Waals surface area contributed by atoms with E-state index in [1.165, 1.54) is 19.2 Å². The molecule has 0 spiro atoms. The highest BCUT2D eigenvalue weighted by Gasteiger charge is 2.40. The van der Waals surface area contributed by atoms with Crippen LogP contribution in [0.5, 0.6) is 5.75 Å². The van der Waals surface area contributed by atoms with Crippen molar-refractivity contribution in [2.75, 3.05) is 24.4 Å². The zero-order chi connectivity index (χ0) is 21.3. The minimum atomic E-state index is -4.69. The van der Waals surface area contributed by atoms with Gasteiger partial charge in [0.15, 0.2) is 0 Å². The number of anilines is 2. The summed E-state index contributed by atoms with van der Waals surface area (Å²) in [7, 11) is 2.33. The monoisotopic (exact) mass is 412 g/mol. The first-order chi connectivity index (χ1) is 13.7. The largest absolute Gasteiger partial charge is 0.495 e. The molecule has 0 aliphatic carbocycles. The van der Waals surface area contributed by atoms with E-state index in [1.807, 2.05) is 0 Å². The van der Waals surface area contributed by atoms with Gasteiger partial charge in [-0.25, -0.2) is 9.18 Å². The summed E-state index contributed by atoms with van der Waals surface area (Å²) in [6, 6.07) is 4.41. The summed E-state index contributed by atoms with van der Waals surface area (Å²) in [5.41, 5.74) is -1.22. The Morgan fingerprint density at radius 3 is 2.55 bits per heavy atom. The van der Waals surface area contributed by atoms with Gasteiger partial charge in [-0.15, -0.1) is 0 Å². The number of hydrogen-bond donors (Lipinski definition) is 1. The fourth-order valence-electron chi connectivity index (χ4n) is 3.20. The number of amides is 2. The van der Waals surface area contributed by atoms with Crippen LogP contribution in [-0.4, -0.2) is 26.2 Å². The first kappa shape index (κ1) is 20.4. The molecule has 0 aromatic heterocycles. The molecule has 0 radical (unpaired) electrons. The van der Waals surface area contributed by atoms with Crippen molar-refractivity contribution in [2.45, 2.75) is 18.6 Å². The summed E-state index contributed by atoms with van der Waals surface area (Å²) in [6.07, 6.45) is -5.16. The lowest BCUT2D eigenvalue weighted by Gasteiger charge is -2.37. The molecular weight excluding hydrogens is 396 g/mol. The third-order valence-corrected chi connectivity index (χ3v) is 4.51. The van der Waals surface area contributed by atoms with E-state index in [-0.39, 0.29) is 22.7 Å². The number of hydrogen-bond acceptors (Lipinski definition) is 4. The normalized spacial score (nSPS) is 16.1. The minimum Gasteiger partial charge on any atom is -0.495 e. The fraction of sp³-hybridized carbons (Fsp3) is 0.263. The molecule has 2 aromatic carbocycles. The topological polar surface area (TPSA) is 67.9 Å². The smallest absolute Gasteiger partial charge is 0.416 e.